The van der Waals surface area contributed by atoms with Crippen molar-refractivity contribution < 1.29 is 4.74 Å². The van der Waals surface area contributed by atoms with E-state index in [2.05, 4.69) is 26.1 Å². The molecule has 0 aliphatic carbocycles. The predicted molar refractivity (Wildman–Crippen MR) is 79.6 cm³/mol. The molecule has 0 radical (unpaired) electrons. The van der Waals surface area contributed by atoms with E-state index in [4.69, 9.17) is 27.9 Å². The van der Waals surface area contributed by atoms with E-state index in [1.807, 2.05) is 22.8 Å². The fourth-order valence-corrected chi connectivity index (χ4v) is 2.39. The van der Waals surface area contributed by atoms with E-state index >= 15 is 0 Å². The van der Waals surface area contributed by atoms with Crippen LogP contribution in [0.1, 0.15) is 5.82 Å². The number of rotatable bonds is 5. The molecule has 2 aromatic rings. The van der Waals surface area contributed by atoms with Gasteiger partial charge < -0.3 is 9.30 Å². The molecule has 1 aromatic heterocycles. The molecule has 7 heteroatoms. The molecule has 4 nitrogen and oxygen atoms in total. The molecular formula is C12H12BrCl2N3O. The number of hydrogen-bond acceptors (Lipinski definition) is 3. The number of hydrogen-bond donors (Lipinski definition) is 0. The van der Waals surface area contributed by atoms with E-state index in [1.165, 1.54) is 0 Å². The molecule has 2 rings (SSSR count). The number of methoxy groups -OCH3 is 1. The van der Waals surface area contributed by atoms with Crippen molar-refractivity contribution in [1.82, 2.24) is 14.8 Å². The molecule has 0 unspecified atom stereocenters. The van der Waals surface area contributed by atoms with Gasteiger partial charge in [0.15, 0.2) is 5.82 Å². The molecule has 0 amide bonds. The molecule has 0 N–H and O–H groups in total. The van der Waals surface area contributed by atoms with Gasteiger partial charge in [0.25, 0.3) is 0 Å². The standard InChI is InChI=1S/C12H12BrCl2N3O/c1-19-5-4-18-11(7-14)16-17-12(18)8-2-3-10(15)9(13)6-8/h2-3,6H,4-5,7H2,1H3. The predicted octanol–water partition coefficient (Wildman–Crippen LogP) is 3.75. The summed E-state index contributed by atoms with van der Waals surface area (Å²) >= 11 is 15.3. The first kappa shape index (κ1) is 14.8. The molecule has 0 spiro atoms. The summed E-state index contributed by atoms with van der Waals surface area (Å²) in [6.07, 6.45) is 0. The van der Waals surface area contributed by atoms with Gasteiger partial charge in [-0.15, -0.1) is 21.8 Å². The van der Waals surface area contributed by atoms with Crippen molar-refractivity contribution in [3.05, 3.63) is 33.5 Å². The zero-order chi connectivity index (χ0) is 13.8. The van der Waals surface area contributed by atoms with Crippen LogP contribution in [0.2, 0.25) is 5.02 Å². The Morgan fingerprint density at radius 2 is 2.16 bits per heavy atom. The van der Waals surface area contributed by atoms with Crippen molar-refractivity contribution in [2.75, 3.05) is 13.7 Å². The molecule has 0 aliphatic rings. The zero-order valence-corrected chi connectivity index (χ0v) is 13.3. The number of benzene rings is 1. The molecule has 0 fully saturated rings. The SMILES string of the molecule is COCCn1c(CCl)nnc1-c1ccc(Cl)c(Br)c1. The maximum Gasteiger partial charge on any atom is 0.164 e. The summed E-state index contributed by atoms with van der Waals surface area (Å²) in [5, 5.41) is 8.94. The Kier molecular flexibility index (Phi) is 5.21. The van der Waals surface area contributed by atoms with Crippen molar-refractivity contribution in [3.63, 3.8) is 0 Å². The fraction of sp³-hybridized carbons (Fsp3) is 0.333. The number of nitrogens with zero attached hydrogens (tertiary/aromatic N) is 3. The third-order valence-corrected chi connectivity index (χ3v) is 4.10. The molecule has 1 heterocycles. The minimum atomic E-state index is 0.311. The van der Waals surface area contributed by atoms with Crippen molar-refractivity contribution in [3.8, 4) is 11.4 Å². The monoisotopic (exact) mass is 363 g/mol. The van der Waals surface area contributed by atoms with Crippen LogP contribution in [-0.4, -0.2) is 28.5 Å². The van der Waals surface area contributed by atoms with Crippen LogP contribution in [0.3, 0.4) is 0 Å². The summed E-state index contributed by atoms with van der Waals surface area (Å²) in [5.41, 5.74) is 0.927. The van der Waals surface area contributed by atoms with E-state index in [9.17, 15) is 0 Å². The summed E-state index contributed by atoms with van der Waals surface area (Å²) in [6, 6.07) is 5.63. The number of ether oxygens (including phenoxy) is 1. The topological polar surface area (TPSA) is 39.9 Å². The molecule has 0 bridgehead atoms. The molecule has 0 aliphatic heterocycles. The van der Waals surface area contributed by atoms with Gasteiger partial charge in [0.05, 0.1) is 17.5 Å². The van der Waals surface area contributed by atoms with Crippen LogP contribution in [-0.2, 0) is 17.2 Å². The third kappa shape index (κ3) is 3.28. The van der Waals surface area contributed by atoms with Crippen molar-refractivity contribution in [2.45, 2.75) is 12.4 Å². The number of alkyl halides is 1. The molecule has 19 heavy (non-hydrogen) atoms. The summed E-state index contributed by atoms with van der Waals surface area (Å²) < 4.78 is 7.87. The van der Waals surface area contributed by atoms with E-state index in [0.717, 1.165) is 21.7 Å². The van der Waals surface area contributed by atoms with E-state index in [0.29, 0.717) is 24.1 Å². The van der Waals surface area contributed by atoms with Crippen molar-refractivity contribution >= 4 is 39.1 Å². The first-order chi connectivity index (χ1) is 9.17. The highest BCUT2D eigenvalue weighted by Crippen LogP contribution is 2.28. The first-order valence-electron chi connectivity index (χ1n) is 5.59. The quantitative estimate of drug-likeness (QED) is 0.758. The van der Waals surface area contributed by atoms with Gasteiger partial charge in [-0.05, 0) is 34.1 Å². The van der Waals surface area contributed by atoms with Crippen molar-refractivity contribution in [2.24, 2.45) is 0 Å². The second kappa shape index (κ2) is 6.70. The first-order valence-corrected chi connectivity index (χ1v) is 7.30. The van der Waals surface area contributed by atoms with Crippen LogP contribution >= 0.6 is 39.1 Å². The average Bonchev–Trinajstić information content (AvgIpc) is 2.82. The van der Waals surface area contributed by atoms with Gasteiger partial charge in [0.2, 0.25) is 0 Å². The second-order valence-corrected chi connectivity index (χ2v) is 5.38. The normalized spacial score (nSPS) is 10.9. The highest BCUT2D eigenvalue weighted by molar-refractivity contribution is 9.10. The van der Waals surface area contributed by atoms with Gasteiger partial charge >= 0.3 is 0 Å². The van der Waals surface area contributed by atoms with Crippen LogP contribution in [0, 0.1) is 0 Å². The van der Waals surface area contributed by atoms with Gasteiger partial charge in [-0.25, -0.2) is 0 Å². The minimum absolute atomic E-state index is 0.311. The lowest BCUT2D eigenvalue weighted by Gasteiger charge is -2.09. The molecule has 1 aromatic carbocycles. The Morgan fingerprint density at radius 1 is 1.37 bits per heavy atom. The van der Waals surface area contributed by atoms with Gasteiger partial charge in [0, 0.05) is 23.7 Å². The van der Waals surface area contributed by atoms with Crippen LogP contribution in [0.15, 0.2) is 22.7 Å². The van der Waals surface area contributed by atoms with E-state index in [1.54, 1.807) is 7.11 Å². The lowest BCUT2D eigenvalue weighted by molar-refractivity contribution is 0.187. The molecule has 0 atom stereocenters. The smallest absolute Gasteiger partial charge is 0.164 e. The van der Waals surface area contributed by atoms with Crippen LogP contribution < -0.4 is 0 Å². The average molecular weight is 365 g/mol. The van der Waals surface area contributed by atoms with Gasteiger partial charge in [-0.3, -0.25) is 0 Å². The van der Waals surface area contributed by atoms with Gasteiger partial charge in [0.1, 0.15) is 5.82 Å². The maximum absolute atomic E-state index is 5.99. The van der Waals surface area contributed by atoms with Crippen LogP contribution in [0.5, 0.6) is 0 Å². The maximum atomic E-state index is 5.99. The zero-order valence-electron chi connectivity index (χ0n) is 10.2. The Morgan fingerprint density at radius 3 is 2.79 bits per heavy atom. The number of halogens is 3. The van der Waals surface area contributed by atoms with Gasteiger partial charge in [-0.1, -0.05) is 11.6 Å². The fourth-order valence-electron chi connectivity index (χ4n) is 1.70. The number of aromatic nitrogens is 3. The van der Waals surface area contributed by atoms with Gasteiger partial charge in [-0.2, -0.15) is 0 Å². The summed E-state index contributed by atoms with van der Waals surface area (Å²) in [4.78, 5) is 0. The lowest BCUT2D eigenvalue weighted by atomic mass is 10.2. The molecular weight excluding hydrogens is 353 g/mol. The molecule has 0 saturated carbocycles. The van der Waals surface area contributed by atoms with E-state index in [-0.39, 0.29) is 0 Å². The largest absolute Gasteiger partial charge is 0.383 e. The highest BCUT2D eigenvalue weighted by atomic mass is 79.9. The summed E-state index contributed by atoms with van der Waals surface area (Å²) in [6.45, 7) is 1.23. The molecule has 0 saturated heterocycles. The van der Waals surface area contributed by atoms with Crippen molar-refractivity contribution in [1.29, 1.82) is 0 Å². The Bertz CT molecular complexity index is 574. The Labute approximate surface area is 129 Å². The lowest BCUT2D eigenvalue weighted by Crippen LogP contribution is -2.09. The minimum Gasteiger partial charge on any atom is -0.383 e. The Balaban J connectivity index is 2.42. The highest BCUT2D eigenvalue weighted by Gasteiger charge is 2.13. The van der Waals surface area contributed by atoms with E-state index < -0.39 is 0 Å². The third-order valence-electron chi connectivity index (χ3n) is 2.64. The van der Waals surface area contributed by atoms with Crippen LogP contribution in [0.25, 0.3) is 11.4 Å². The Hall–Kier alpha value is -0.620. The summed E-state index contributed by atoms with van der Waals surface area (Å²) in [7, 11) is 1.66. The molecule has 102 valence electrons. The van der Waals surface area contributed by atoms with Crippen LogP contribution in [0.4, 0.5) is 0 Å². The second-order valence-electron chi connectivity index (χ2n) is 3.85. The summed E-state index contributed by atoms with van der Waals surface area (Å²) in [5.74, 6) is 1.79.